The number of ether oxygens (including phenoxy) is 1. The zero-order valence-corrected chi connectivity index (χ0v) is 15.1. The van der Waals surface area contributed by atoms with Crippen molar-refractivity contribution in [1.29, 1.82) is 0 Å². The molecule has 8 nitrogen and oxygen atoms in total. The molecule has 3 heterocycles. The van der Waals surface area contributed by atoms with Crippen LogP contribution in [0.2, 0.25) is 0 Å². The molecule has 2 aromatic heterocycles. The molecule has 0 unspecified atom stereocenters. The zero-order valence-electron chi connectivity index (χ0n) is 14.3. The molecule has 1 fully saturated rings. The quantitative estimate of drug-likeness (QED) is 0.682. The number of anilines is 1. The van der Waals surface area contributed by atoms with Gasteiger partial charge in [-0.05, 0) is 12.1 Å². The Labute approximate surface area is 160 Å². The molecule has 1 N–H and O–H groups in total. The molecule has 0 saturated carbocycles. The molecule has 1 atom stereocenters. The van der Waals surface area contributed by atoms with Gasteiger partial charge >= 0.3 is 6.18 Å². The summed E-state index contributed by atoms with van der Waals surface area (Å²) in [5.74, 6) is 0.117. The predicted octanol–water partition coefficient (Wildman–Crippen LogP) is 2.76. The Balaban J connectivity index is 1.44. The van der Waals surface area contributed by atoms with Gasteiger partial charge in [-0.3, -0.25) is 0 Å². The van der Waals surface area contributed by atoms with Gasteiger partial charge < -0.3 is 19.3 Å². The summed E-state index contributed by atoms with van der Waals surface area (Å²) in [5, 5.41) is 21.8. The van der Waals surface area contributed by atoms with Gasteiger partial charge in [0.1, 0.15) is 18.5 Å². The molecule has 1 aliphatic heterocycles. The van der Waals surface area contributed by atoms with Crippen LogP contribution in [0.4, 0.5) is 18.3 Å². The minimum absolute atomic E-state index is 0.0738. The molecule has 3 aromatic rings. The van der Waals surface area contributed by atoms with Gasteiger partial charge in [0, 0.05) is 13.0 Å². The van der Waals surface area contributed by atoms with Gasteiger partial charge in [0.15, 0.2) is 5.01 Å². The summed E-state index contributed by atoms with van der Waals surface area (Å²) in [6, 6.07) is 5.17. The number of aliphatic hydroxyl groups excluding tert-OH is 1. The Bertz CT molecular complexity index is 961. The monoisotopic (exact) mass is 413 g/mol. The number of hydrogen-bond donors (Lipinski definition) is 1. The highest BCUT2D eigenvalue weighted by Gasteiger charge is 2.35. The summed E-state index contributed by atoms with van der Waals surface area (Å²) in [6.07, 6.45) is -4.32. The second kappa shape index (κ2) is 7.36. The van der Waals surface area contributed by atoms with E-state index in [0.29, 0.717) is 29.6 Å². The first-order valence-corrected chi connectivity index (χ1v) is 9.11. The van der Waals surface area contributed by atoms with E-state index in [1.165, 1.54) is 29.5 Å². The average Bonchev–Trinajstić information content (AvgIpc) is 3.41. The van der Waals surface area contributed by atoms with E-state index < -0.39 is 17.8 Å². The Morgan fingerprint density at radius 1 is 1.29 bits per heavy atom. The molecule has 12 heteroatoms. The van der Waals surface area contributed by atoms with Crippen molar-refractivity contribution in [2.45, 2.75) is 25.3 Å². The first-order chi connectivity index (χ1) is 13.4. The van der Waals surface area contributed by atoms with Crippen LogP contribution in [0.3, 0.4) is 0 Å². The minimum atomic E-state index is -4.47. The number of rotatable bonds is 5. The fourth-order valence-corrected chi connectivity index (χ4v) is 3.63. The van der Waals surface area contributed by atoms with Gasteiger partial charge in [-0.1, -0.05) is 28.6 Å². The molecular formula is C16H14F3N5O3S. The van der Waals surface area contributed by atoms with Crippen LogP contribution in [0, 0.1) is 0 Å². The Kier molecular flexibility index (Phi) is 4.89. The molecule has 0 spiro atoms. The summed E-state index contributed by atoms with van der Waals surface area (Å²) in [6.45, 7) is 0.583. The first kappa shape index (κ1) is 18.6. The van der Waals surface area contributed by atoms with Crippen molar-refractivity contribution in [2.24, 2.45) is 0 Å². The van der Waals surface area contributed by atoms with Crippen LogP contribution < -0.4 is 9.64 Å². The van der Waals surface area contributed by atoms with Gasteiger partial charge in [0.25, 0.3) is 5.89 Å². The van der Waals surface area contributed by atoms with Gasteiger partial charge in [-0.25, -0.2) is 0 Å². The van der Waals surface area contributed by atoms with E-state index >= 15 is 0 Å². The molecule has 1 aliphatic rings. The summed E-state index contributed by atoms with van der Waals surface area (Å²) in [4.78, 5) is 5.86. The molecule has 0 radical (unpaired) electrons. The molecule has 1 aromatic carbocycles. The van der Waals surface area contributed by atoms with E-state index in [9.17, 15) is 13.2 Å². The third kappa shape index (κ3) is 3.78. The van der Waals surface area contributed by atoms with Crippen molar-refractivity contribution >= 4 is 16.5 Å². The predicted molar refractivity (Wildman–Crippen MR) is 91.8 cm³/mol. The number of para-hydroxylation sites is 1. The van der Waals surface area contributed by atoms with E-state index in [0.717, 1.165) is 6.07 Å². The van der Waals surface area contributed by atoms with Gasteiger partial charge in [0.2, 0.25) is 11.0 Å². The lowest BCUT2D eigenvalue weighted by Crippen LogP contribution is -2.25. The lowest BCUT2D eigenvalue weighted by atomic mass is 10.2. The van der Waals surface area contributed by atoms with E-state index in [4.69, 9.17) is 14.4 Å². The van der Waals surface area contributed by atoms with Crippen LogP contribution in [-0.4, -0.2) is 44.6 Å². The van der Waals surface area contributed by atoms with Crippen molar-refractivity contribution in [3.8, 4) is 16.6 Å². The maximum absolute atomic E-state index is 13.1. The summed E-state index contributed by atoms with van der Waals surface area (Å²) in [5.41, 5.74) is -0.788. The van der Waals surface area contributed by atoms with Gasteiger partial charge in [-0.15, -0.1) is 10.2 Å². The lowest BCUT2D eigenvalue weighted by Gasteiger charge is -2.18. The molecule has 0 amide bonds. The van der Waals surface area contributed by atoms with E-state index in [1.807, 2.05) is 4.90 Å². The number of halogens is 3. The van der Waals surface area contributed by atoms with Crippen LogP contribution in [0.25, 0.3) is 10.8 Å². The molecule has 4 rings (SSSR count). The average molecular weight is 413 g/mol. The van der Waals surface area contributed by atoms with Crippen LogP contribution >= 0.6 is 11.3 Å². The number of aliphatic hydroxyl groups is 1. The Morgan fingerprint density at radius 3 is 2.86 bits per heavy atom. The fourth-order valence-electron chi connectivity index (χ4n) is 2.82. The largest absolute Gasteiger partial charge is 0.488 e. The standard InChI is InChI=1S/C16H14F3N5O3S/c17-16(18,19)10-3-1-2-4-11(10)26-9-5-6-24(7-9)15-22-21-14(28-15)13-20-12(8-25)27-23-13/h1-4,9,25H,5-8H2/t9-/m0/s1. The van der Waals surface area contributed by atoms with E-state index in [1.54, 1.807) is 0 Å². The van der Waals surface area contributed by atoms with Gasteiger partial charge in [0.05, 0.1) is 12.1 Å². The van der Waals surface area contributed by atoms with E-state index in [2.05, 4.69) is 20.3 Å². The highest BCUT2D eigenvalue weighted by molar-refractivity contribution is 7.18. The van der Waals surface area contributed by atoms with Crippen molar-refractivity contribution in [1.82, 2.24) is 20.3 Å². The SMILES string of the molecule is OCc1nc(-c2nnc(N3CC[C@H](Oc4ccccc4C(F)(F)F)C3)s2)no1. The smallest absolute Gasteiger partial charge is 0.419 e. The van der Waals surface area contributed by atoms with E-state index in [-0.39, 0.29) is 24.1 Å². The Hall–Kier alpha value is -2.73. The van der Waals surface area contributed by atoms with Crippen LogP contribution in [-0.2, 0) is 12.8 Å². The van der Waals surface area contributed by atoms with Crippen molar-refractivity contribution in [3.05, 3.63) is 35.7 Å². The number of hydrogen-bond acceptors (Lipinski definition) is 9. The second-order valence-corrected chi connectivity index (χ2v) is 6.98. The number of aromatic nitrogens is 4. The third-order valence-corrected chi connectivity index (χ3v) is 5.09. The first-order valence-electron chi connectivity index (χ1n) is 8.29. The molecular weight excluding hydrogens is 399 g/mol. The van der Waals surface area contributed by atoms with Gasteiger partial charge in [-0.2, -0.15) is 18.2 Å². The number of alkyl halides is 3. The highest BCUT2D eigenvalue weighted by atomic mass is 32.1. The number of nitrogens with zero attached hydrogens (tertiary/aromatic N) is 5. The van der Waals surface area contributed by atoms with Crippen LogP contribution in [0.1, 0.15) is 17.9 Å². The molecule has 1 saturated heterocycles. The molecule has 148 valence electrons. The lowest BCUT2D eigenvalue weighted by molar-refractivity contribution is -0.139. The normalized spacial score (nSPS) is 17.3. The van der Waals surface area contributed by atoms with Crippen molar-refractivity contribution in [3.63, 3.8) is 0 Å². The Morgan fingerprint density at radius 2 is 2.11 bits per heavy atom. The van der Waals surface area contributed by atoms with Crippen molar-refractivity contribution in [2.75, 3.05) is 18.0 Å². The second-order valence-electron chi connectivity index (χ2n) is 6.03. The third-order valence-electron chi connectivity index (χ3n) is 4.11. The molecule has 28 heavy (non-hydrogen) atoms. The fraction of sp³-hybridized carbons (Fsp3) is 0.375. The molecule has 0 bridgehead atoms. The van der Waals surface area contributed by atoms with Crippen molar-refractivity contribution < 1.29 is 27.5 Å². The number of benzene rings is 1. The summed E-state index contributed by atoms with van der Waals surface area (Å²) in [7, 11) is 0. The summed E-state index contributed by atoms with van der Waals surface area (Å²) < 4.78 is 49.8. The molecule has 0 aliphatic carbocycles. The highest BCUT2D eigenvalue weighted by Crippen LogP contribution is 2.37. The topological polar surface area (TPSA) is 97.4 Å². The summed E-state index contributed by atoms with van der Waals surface area (Å²) >= 11 is 1.22. The zero-order chi connectivity index (χ0) is 19.7. The maximum Gasteiger partial charge on any atom is 0.419 e. The minimum Gasteiger partial charge on any atom is -0.488 e. The van der Waals surface area contributed by atoms with Crippen LogP contribution in [0.15, 0.2) is 28.8 Å². The van der Waals surface area contributed by atoms with Crippen LogP contribution in [0.5, 0.6) is 5.75 Å². The maximum atomic E-state index is 13.1.